The maximum absolute atomic E-state index is 14.2. The molecule has 0 unspecified atom stereocenters. The van der Waals surface area contributed by atoms with Crippen molar-refractivity contribution in [2.75, 3.05) is 19.5 Å². The van der Waals surface area contributed by atoms with Crippen LogP contribution in [0.2, 0.25) is 0 Å². The molecule has 0 aliphatic carbocycles. The Kier molecular flexibility index (Phi) is 4.66. The molecule has 0 aliphatic rings. The van der Waals surface area contributed by atoms with Crippen LogP contribution >= 0.6 is 15.9 Å². The van der Waals surface area contributed by atoms with Gasteiger partial charge in [0.25, 0.3) is 0 Å². The van der Waals surface area contributed by atoms with Crippen LogP contribution in [0.5, 0.6) is 11.5 Å². The number of nitrogens with zero attached hydrogens (tertiary/aromatic N) is 1. The normalized spacial score (nSPS) is 9.86. The Labute approximate surface area is 130 Å². The smallest absolute Gasteiger partial charge is 0.162 e. The Bertz CT molecular complexity index is 714. The minimum absolute atomic E-state index is 0.122. The van der Waals surface area contributed by atoms with Crippen LogP contribution < -0.4 is 14.8 Å². The van der Waals surface area contributed by atoms with Gasteiger partial charge in [-0.15, -0.1) is 0 Å². The Morgan fingerprint density at radius 1 is 1.14 bits per heavy atom. The molecule has 0 amide bonds. The number of ether oxygens (including phenoxy) is 2. The number of hydrogen-bond donors (Lipinski definition) is 1. The van der Waals surface area contributed by atoms with Gasteiger partial charge in [0.15, 0.2) is 5.82 Å². The number of rotatable bonds is 4. The zero-order chi connectivity index (χ0) is 15.4. The van der Waals surface area contributed by atoms with Crippen molar-refractivity contribution in [1.29, 1.82) is 5.26 Å². The monoisotopic (exact) mass is 350 g/mol. The van der Waals surface area contributed by atoms with Crippen molar-refractivity contribution in [3.8, 4) is 17.6 Å². The lowest BCUT2D eigenvalue weighted by Gasteiger charge is -2.14. The molecule has 2 aromatic rings. The third-order valence-electron chi connectivity index (χ3n) is 2.88. The Morgan fingerprint density at radius 2 is 1.90 bits per heavy atom. The molecule has 6 heteroatoms. The highest BCUT2D eigenvalue weighted by atomic mass is 79.9. The Hall–Kier alpha value is -2.26. The van der Waals surface area contributed by atoms with E-state index in [4.69, 9.17) is 14.7 Å². The molecular weight excluding hydrogens is 339 g/mol. The largest absolute Gasteiger partial charge is 0.497 e. The van der Waals surface area contributed by atoms with Gasteiger partial charge >= 0.3 is 0 Å². The van der Waals surface area contributed by atoms with Crippen LogP contribution in [-0.4, -0.2) is 14.2 Å². The maximum atomic E-state index is 14.2. The molecule has 0 saturated heterocycles. The summed E-state index contributed by atoms with van der Waals surface area (Å²) in [7, 11) is 3.07. The first-order valence-electron chi connectivity index (χ1n) is 5.98. The first-order valence-corrected chi connectivity index (χ1v) is 6.77. The van der Waals surface area contributed by atoms with E-state index in [-0.39, 0.29) is 15.7 Å². The molecule has 0 fully saturated rings. The van der Waals surface area contributed by atoms with Crippen molar-refractivity contribution in [3.63, 3.8) is 0 Å². The quantitative estimate of drug-likeness (QED) is 0.896. The summed E-state index contributed by atoms with van der Waals surface area (Å²) in [6.07, 6.45) is 0. The number of anilines is 2. The van der Waals surface area contributed by atoms with Crippen molar-refractivity contribution in [2.45, 2.75) is 0 Å². The van der Waals surface area contributed by atoms with Crippen LogP contribution in [0.4, 0.5) is 15.8 Å². The predicted molar refractivity (Wildman–Crippen MR) is 81.6 cm³/mol. The third kappa shape index (κ3) is 3.09. The average molecular weight is 351 g/mol. The van der Waals surface area contributed by atoms with Gasteiger partial charge in [-0.3, -0.25) is 0 Å². The molecule has 4 nitrogen and oxygen atoms in total. The minimum Gasteiger partial charge on any atom is -0.497 e. The summed E-state index contributed by atoms with van der Waals surface area (Å²) in [5.41, 5.74) is 1.02. The lowest BCUT2D eigenvalue weighted by molar-refractivity contribution is 0.405. The average Bonchev–Trinajstić information content (AvgIpc) is 2.52. The van der Waals surface area contributed by atoms with Crippen molar-refractivity contribution in [3.05, 3.63) is 46.2 Å². The van der Waals surface area contributed by atoms with Crippen molar-refractivity contribution in [2.24, 2.45) is 0 Å². The Morgan fingerprint density at radius 3 is 2.52 bits per heavy atom. The maximum Gasteiger partial charge on any atom is 0.162 e. The van der Waals surface area contributed by atoms with E-state index in [1.165, 1.54) is 19.2 Å². The van der Waals surface area contributed by atoms with Gasteiger partial charge < -0.3 is 14.8 Å². The number of nitrogens with one attached hydrogen (secondary N) is 1. The van der Waals surface area contributed by atoms with Gasteiger partial charge in [0.1, 0.15) is 17.6 Å². The van der Waals surface area contributed by atoms with E-state index in [1.54, 1.807) is 25.3 Å². The highest BCUT2D eigenvalue weighted by Crippen LogP contribution is 2.34. The standard InChI is InChI=1S/C15H12BrFN2O2/c1-20-10-4-6-13(21-2)12(7-10)19-11-5-3-9(8-18)14(16)15(11)17/h3-7,19H,1-2H3. The van der Waals surface area contributed by atoms with Gasteiger partial charge in [0, 0.05) is 6.07 Å². The fraction of sp³-hybridized carbons (Fsp3) is 0.133. The van der Waals surface area contributed by atoms with E-state index in [1.807, 2.05) is 6.07 Å². The fourth-order valence-electron chi connectivity index (χ4n) is 1.79. The molecule has 2 rings (SSSR count). The molecule has 2 aromatic carbocycles. The topological polar surface area (TPSA) is 54.3 Å². The second-order valence-corrected chi connectivity index (χ2v) is 4.88. The van der Waals surface area contributed by atoms with Gasteiger partial charge in [-0.1, -0.05) is 0 Å². The number of benzene rings is 2. The molecule has 0 bridgehead atoms. The minimum atomic E-state index is -0.543. The highest BCUT2D eigenvalue weighted by molar-refractivity contribution is 9.10. The summed E-state index contributed by atoms with van der Waals surface area (Å²) in [5.74, 6) is 0.626. The van der Waals surface area contributed by atoms with Crippen LogP contribution in [0.15, 0.2) is 34.8 Å². The first kappa shape index (κ1) is 15.1. The Balaban J connectivity index is 2.43. The molecule has 108 valence electrons. The molecule has 0 heterocycles. The lowest BCUT2D eigenvalue weighted by atomic mass is 10.2. The molecule has 1 N–H and O–H groups in total. The zero-order valence-corrected chi connectivity index (χ0v) is 13.0. The number of hydrogen-bond acceptors (Lipinski definition) is 4. The van der Waals surface area contributed by atoms with Crippen LogP contribution in [0, 0.1) is 17.1 Å². The van der Waals surface area contributed by atoms with Gasteiger partial charge in [-0.2, -0.15) is 5.26 Å². The highest BCUT2D eigenvalue weighted by Gasteiger charge is 2.13. The fourth-order valence-corrected chi connectivity index (χ4v) is 2.22. The van der Waals surface area contributed by atoms with Crippen LogP contribution in [-0.2, 0) is 0 Å². The molecule has 0 saturated carbocycles. The number of halogens is 2. The second-order valence-electron chi connectivity index (χ2n) is 4.09. The number of nitriles is 1. The zero-order valence-electron chi connectivity index (χ0n) is 11.4. The molecule has 0 radical (unpaired) electrons. The van der Waals surface area contributed by atoms with E-state index in [0.29, 0.717) is 17.2 Å². The molecule has 0 aromatic heterocycles. The summed E-state index contributed by atoms with van der Waals surface area (Å²) in [5, 5.41) is 11.8. The van der Waals surface area contributed by atoms with Crippen LogP contribution in [0.25, 0.3) is 0 Å². The van der Waals surface area contributed by atoms with E-state index < -0.39 is 5.82 Å². The van der Waals surface area contributed by atoms with Crippen LogP contribution in [0.3, 0.4) is 0 Å². The van der Waals surface area contributed by atoms with Gasteiger partial charge in [-0.25, -0.2) is 4.39 Å². The third-order valence-corrected chi connectivity index (χ3v) is 3.65. The van der Waals surface area contributed by atoms with Gasteiger partial charge in [-0.05, 0) is 40.2 Å². The van der Waals surface area contributed by atoms with E-state index >= 15 is 0 Å². The summed E-state index contributed by atoms with van der Waals surface area (Å²) >= 11 is 3.07. The first-order chi connectivity index (χ1) is 10.1. The SMILES string of the molecule is COc1ccc(OC)c(Nc2ccc(C#N)c(Br)c2F)c1. The van der Waals surface area contributed by atoms with E-state index in [2.05, 4.69) is 21.2 Å². The lowest BCUT2D eigenvalue weighted by Crippen LogP contribution is -1.99. The molecule has 21 heavy (non-hydrogen) atoms. The number of methoxy groups -OCH3 is 2. The molecule has 0 atom stereocenters. The summed E-state index contributed by atoms with van der Waals surface area (Å²) < 4.78 is 24.7. The van der Waals surface area contributed by atoms with Gasteiger partial charge in [0.05, 0.1) is 35.6 Å². The van der Waals surface area contributed by atoms with Crippen molar-refractivity contribution in [1.82, 2.24) is 0 Å². The molecule has 0 spiro atoms. The second kappa shape index (κ2) is 6.46. The molecule has 0 aliphatic heterocycles. The predicted octanol–water partition coefficient (Wildman–Crippen LogP) is 4.22. The van der Waals surface area contributed by atoms with Gasteiger partial charge in [0.2, 0.25) is 0 Å². The van der Waals surface area contributed by atoms with Crippen LogP contribution in [0.1, 0.15) is 5.56 Å². The van der Waals surface area contributed by atoms with E-state index in [0.717, 1.165) is 0 Å². The van der Waals surface area contributed by atoms with Crippen molar-refractivity contribution < 1.29 is 13.9 Å². The summed E-state index contributed by atoms with van der Waals surface area (Å²) in [6, 6.07) is 10.1. The van der Waals surface area contributed by atoms with E-state index in [9.17, 15) is 4.39 Å². The summed E-state index contributed by atoms with van der Waals surface area (Å²) in [6.45, 7) is 0. The molecular formula is C15H12BrFN2O2. The van der Waals surface area contributed by atoms with Crippen molar-refractivity contribution >= 4 is 27.3 Å². The summed E-state index contributed by atoms with van der Waals surface area (Å²) in [4.78, 5) is 0.